The number of aryl methyl sites for hydroxylation is 1. The molecule has 0 aliphatic heterocycles. The lowest BCUT2D eigenvalue weighted by molar-refractivity contribution is -0.130. The Morgan fingerprint density at radius 2 is 1.83 bits per heavy atom. The van der Waals surface area contributed by atoms with Crippen LogP contribution in [0.1, 0.15) is 28.3 Å². The maximum Gasteiger partial charge on any atom is 0.243 e. The minimum absolute atomic E-state index is 0.0953. The van der Waals surface area contributed by atoms with Gasteiger partial charge in [-0.05, 0) is 43.0 Å². The van der Waals surface area contributed by atoms with Crippen LogP contribution < -0.4 is 10.5 Å². The van der Waals surface area contributed by atoms with Gasteiger partial charge in [0.15, 0.2) is 0 Å². The highest BCUT2D eigenvalue weighted by Crippen LogP contribution is 2.31. The molecule has 0 fully saturated rings. The summed E-state index contributed by atoms with van der Waals surface area (Å²) in [5, 5.41) is 0. The fourth-order valence-corrected chi connectivity index (χ4v) is 2.14. The molecule has 0 spiro atoms. The molecule has 1 aromatic rings. The first-order valence-electron chi connectivity index (χ1n) is 5.92. The van der Waals surface area contributed by atoms with Gasteiger partial charge in [-0.1, -0.05) is 6.07 Å². The van der Waals surface area contributed by atoms with Crippen molar-refractivity contribution in [2.75, 3.05) is 21.2 Å². The SMILES string of the molecule is COc1c(C)cc(C(N)C(=O)N(C)C)c(C)c1C. The van der Waals surface area contributed by atoms with Gasteiger partial charge in [0.25, 0.3) is 0 Å². The maximum absolute atomic E-state index is 11.9. The van der Waals surface area contributed by atoms with Crippen molar-refractivity contribution in [3.63, 3.8) is 0 Å². The van der Waals surface area contributed by atoms with E-state index >= 15 is 0 Å². The number of carbonyl (C=O) groups is 1. The molecule has 1 unspecified atom stereocenters. The molecular formula is C14H22N2O2. The Morgan fingerprint density at radius 3 is 2.28 bits per heavy atom. The smallest absolute Gasteiger partial charge is 0.243 e. The molecule has 0 heterocycles. The van der Waals surface area contributed by atoms with Crippen molar-refractivity contribution < 1.29 is 9.53 Å². The van der Waals surface area contributed by atoms with E-state index in [4.69, 9.17) is 10.5 Å². The second kappa shape index (κ2) is 5.40. The molecule has 18 heavy (non-hydrogen) atoms. The van der Waals surface area contributed by atoms with Crippen LogP contribution >= 0.6 is 0 Å². The van der Waals surface area contributed by atoms with Gasteiger partial charge in [0.05, 0.1) is 7.11 Å². The first-order chi connectivity index (χ1) is 8.31. The van der Waals surface area contributed by atoms with Crippen LogP contribution in [0.25, 0.3) is 0 Å². The van der Waals surface area contributed by atoms with Crippen LogP contribution in [0.3, 0.4) is 0 Å². The fraction of sp³-hybridized carbons (Fsp3) is 0.500. The third kappa shape index (κ3) is 2.48. The Labute approximate surface area is 109 Å². The molecule has 1 atom stereocenters. The molecule has 1 aromatic carbocycles. The van der Waals surface area contributed by atoms with Gasteiger partial charge in [0, 0.05) is 14.1 Å². The average Bonchev–Trinajstić information content (AvgIpc) is 2.32. The van der Waals surface area contributed by atoms with Crippen LogP contribution in [0.15, 0.2) is 6.07 Å². The predicted octanol–water partition coefficient (Wildman–Crippen LogP) is 1.71. The number of rotatable bonds is 3. The third-order valence-corrected chi connectivity index (χ3v) is 3.31. The second-order valence-electron chi connectivity index (χ2n) is 4.78. The van der Waals surface area contributed by atoms with E-state index < -0.39 is 6.04 Å². The van der Waals surface area contributed by atoms with Gasteiger partial charge < -0.3 is 15.4 Å². The Kier molecular flexibility index (Phi) is 4.35. The highest BCUT2D eigenvalue weighted by molar-refractivity contribution is 5.83. The summed E-state index contributed by atoms with van der Waals surface area (Å²) in [5.74, 6) is 0.766. The Bertz CT molecular complexity index is 467. The van der Waals surface area contributed by atoms with E-state index in [-0.39, 0.29) is 5.91 Å². The highest BCUT2D eigenvalue weighted by Gasteiger charge is 2.22. The van der Waals surface area contributed by atoms with Crippen LogP contribution in [0.5, 0.6) is 5.75 Å². The van der Waals surface area contributed by atoms with Crippen molar-refractivity contribution >= 4 is 5.91 Å². The van der Waals surface area contributed by atoms with Gasteiger partial charge in [-0.15, -0.1) is 0 Å². The summed E-state index contributed by atoms with van der Waals surface area (Å²) in [7, 11) is 5.07. The molecule has 0 radical (unpaired) electrons. The quantitative estimate of drug-likeness (QED) is 0.888. The summed E-state index contributed by atoms with van der Waals surface area (Å²) < 4.78 is 5.36. The van der Waals surface area contributed by atoms with Crippen molar-refractivity contribution in [1.82, 2.24) is 4.90 Å². The summed E-state index contributed by atoms with van der Waals surface area (Å²) in [6.45, 7) is 5.91. The molecule has 4 heteroatoms. The molecule has 1 amide bonds. The standard InChI is InChI=1S/C14H22N2O2/c1-8-7-11(12(15)14(17)16(4)5)9(2)10(3)13(8)18-6/h7,12H,15H2,1-6H3. The van der Waals surface area contributed by atoms with E-state index in [1.807, 2.05) is 26.8 Å². The number of nitrogens with zero attached hydrogens (tertiary/aromatic N) is 1. The molecule has 0 bridgehead atoms. The number of nitrogens with two attached hydrogens (primary N) is 1. The van der Waals surface area contributed by atoms with Gasteiger partial charge in [0.1, 0.15) is 11.8 Å². The van der Waals surface area contributed by atoms with Gasteiger partial charge in [-0.3, -0.25) is 4.79 Å². The number of ether oxygens (including phenoxy) is 1. The zero-order chi connectivity index (χ0) is 14.0. The van der Waals surface area contributed by atoms with E-state index in [0.29, 0.717) is 0 Å². The number of carbonyl (C=O) groups excluding carboxylic acids is 1. The lowest BCUT2D eigenvalue weighted by Gasteiger charge is -2.22. The summed E-state index contributed by atoms with van der Waals surface area (Å²) in [6.07, 6.45) is 0. The molecule has 0 saturated carbocycles. The predicted molar refractivity (Wildman–Crippen MR) is 72.8 cm³/mol. The summed E-state index contributed by atoms with van der Waals surface area (Å²) in [4.78, 5) is 13.5. The summed E-state index contributed by atoms with van der Waals surface area (Å²) >= 11 is 0. The van der Waals surface area contributed by atoms with Crippen LogP contribution in [0.4, 0.5) is 0 Å². The monoisotopic (exact) mass is 250 g/mol. The minimum atomic E-state index is -0.622. The first kappa shape index (κ1) is 14.5. The molecule has 2 N–H and O–H groups in total. The zero-order valence-corrected chi connectivity index (χ0v) is 12.0. The molecule has 4 nitrogen and oxygen atoms in total. The van der Waals surface area contributed by atoms with Crippen molar-refractivity contribution in [3.8, 4) is 5.75 Å². The van der Waals surface area contributed by atoms with Gasteiger partial charge in [0.2, 0.25) is 5.91 Å². The molecule has 0 aromatic heterocycles. The number of amides is 1. The normalized spacial score (nSPS) is 12.2. The summed E-state index contributed by atoms with van der Waals surface area (Å²) in [5.41, 5.74) is 9.95. The van der Waals surface area contributed by atoms with Gasteiger partial charge in [-0.25, -0.2) is 0 Å². The number of methoxy groups -OCH3 is 1. The number of hydrogen-bond donors (Lipinski definition) is 1. The molecule has 100 valence electrons. The first-order valence-corrected chi connectivity index (χ1v) is 5.92. The maximum atomic E-state index is 11.9. The van der Waals surface area contributed by atoms with E-state index in [2.05, 4.69) is 0 Å². The van der Waals surface area contributed by atoms with Gasteiger partial charge >= 0.3 is 0 Å². The van der Waals surface area contributed by atoms with Crippen molar-refractivity contribution in [1.29, 1.82) is 0 Å². The number of likely N-dealkylation sites (N-methyl/N-ethyl adjacent to an activating group) is 1. The Morgan fingerprint density at radius 1 is 1.28 bits per heavy atom. The van der Waals surface area contributed by atoms with Crippen molar-refractivity contribution in [2.45, 2.75) is 26.8 Å². The molecular weight excluding hydrogens is 228 g/mol. The van der Waals surface area contributed by atoms with Crippen LogP contribution in [0, 0.1) is 20.8 Å². The van der Waals surface area contributed by atoms with E-state index in [9.17, 15) is 4.79 Å². The Balaban J connectivity index is 3.31. The number of benzene rings is 1. The largest absolute Gasteiger partial charge is 0.496 e. The topological polar surface area (TPSA) is 55.6 Å². The van der Waals surface area contributed by atoms with Crippen molar-refractivity contribution in [3.05, 3.63) is 28.3 Å². The Hall–Kier alpha value is -1.55. The minimum Gasteiger partial charge on any atom is -0.496 e. The molecule has 0 saturated heterocycles. The number of hydrogen-bond acceptors (Lipinski definition) is 3. The third-order valence-electron chi connectivity index (χ3n) is 3.31. The van der Waals surface area contributed by atoms with E-state index in [0.717, 1.165) is 28.0 Å². The van der Waals surface area contributed by atoms with Crippen molar-refractivity contribution in [2.24, 2.45) is 5.73 Å². The van der Waals surface area contributed by atoms with Crippen LogP contribution in [0.2, 0.25) is 0 Å². The van der Waals surface area contributed by atoms with Crippen LogP contribution in [-0.4, -0.2) is 32.0 Å². The molecule has 0 aliphatic rings. The second-order valence-corrected chi connectivity index (χ2v) is 4.78. The summed E-state index contributed by atoms with van der Waals surface area (Å²) in [6, 6.07) is 1.32. The van der Waals surface area contributed by atoms with E-state index in [1.165, 1.54) is 4.90 Å². The fourth-order valence-electron chi connectivity index (χ4n) is 2.14. The molecule has 0 aliphatic carbocycles. The lowest BCUT2D eigenvalue weighted by Crippen LogP contribution is -2.33. The molecule has 1 rings (SSSR count). The van der Waals surface area contributed by atoms with Crippen LogP contribution in [-0.2, 0) is 4.79 Å². The zero-order valence-electron chi connectivity index (χ0n) is 12.0. The van der Waals surface area contributed by atoms with E-state index in [1.54, 1.807) is 21.2 Å². The average molecular weight is 250 g/mol. The lowest BCUT2D eigenvalue weighted by atomic mass is 9.93. The van der Waals surface area contributed by atoms with Gasteiger partial charge in [-0.2, -0.15) is 0 Å². The highest BCUT2D eigenvalue weighted by atomic mass is 16.5.